The molecule has 0 spiro atoms. The summed E-state index contributed by atoms with van der Waals surface area (Å²) in [6.07, 6.45) is 11.0. The van der Waals surface area contributed by atoms with Crippen molar-refractivity contribution >= 4 is 0 Å². The standard InChI is InChI=1S/C15H22O/c1-9(10(2)16)6-11-7-12-8-15(11)14-5-3-4-13(12)14/h3,5-6,9-10,12-16H,4,7-8H2,1-2H3/b11-6-/t9-,10+,12+,13-,14-,15+/m0/s1. The number of allylic oxidation sites excluding steroid dienone is 3. The Kier molecular flexibility index (Phi) is 2.47. The number of rotatable bonds is 2. The lowest BCUT2D eigenvalue weighted by atomic mass is 9.78. The van der Waals surface area contributed by atoms with Crippen LogP contribution >= 0.6 is 0 Å². The van der Waals surface area contributed by atoms with Crippen molar-refractivity contribution in [2.75, 3.05) is 0 Å². The summed E-state index contributed by atoms with van der Waals surface area (Å²) < 4.78 is 0. The highest BCUT2D eigenvalue weighted by atomic mass is 16.3. The molecule has 1 heteroatoms. The van der Waals surface area contributed by atoms with Crippen molar-refractivity contribution in [1.29, 1.82) is 0 Å². The summed E-state index contributed by atoms with van der Waals surface area (Å²) in [5, 5.41) is 9.58. The SMILES string of the molecule is C[C@@H](O)[C@@H](C)/C=C1/C[C@@H]2C[C@H]1[C@H]1C=CC[C@@H]21. The monoisotopic (exact) mass is 218 g/mol. The molecular formula is C15H22O. The molecule has 2 bridgehead atoms. The first-order valence-corrected chi connectivity index (χ1v) is 6.72. The molecule has 0 aromatic rings. The second kappa shape index (κ2) is 3.73. The Hall–Kier alpha value is -0.560. The van der Waals surface area contributed by atoms with Gasteiger partial charge in [-0.05, 0) is 55.8 Å². The van der Waals surface area contributed by atoms with Crippen LogP contribution in [0.2, 0.25) is 0 Å². The van der Waals surface area contributed by atoms with Crippen molar-refractivity contribution in [3.63, 3.8) is 0 Å². The van der Waals surface area contributed by atoms with Crippen LogP contribution in [0.1, 0.15) is 33.1 Å². The van der Waals surface area contributed by atoms with Crippen LogP contribution in [0.4, 0.5) is 0 Å². The van der Waals surface area contributed by atoms with E-state index in [1.54, 1.807) is 5.57 Å². The lowest BCUT2D eigenvalue weighted by Gasteiger charge is -2.27. The smallest absolute Gasteiger partial charge is 0.0572 e. The molecule has 3 aliphatic carbocycles. The number of hydrogen-bond donors (Lipinski definition) is 1. The van der Waals surface area contributed by atoms with E-state index in [4.69, 9.17) is 0 Å². The highest BCUT2D eigenvalue weighted by Crippen LogP contribution is 2.58. The maximum absolute atomic E-state index is 9.58. The Morgan fingerprint density at radius 3 is 3.00 bits per heavy atom. The van der Waals surface area contributed by atoms with E-state index < -0.39 is 0 Å². The summed E-state index contributed by atoms with van der Waals surface area (Å²) in [5.74, 6) is 3.88. The molecule has 3 aliphatic rings. The van der Waals surface area contributed by atoms with Crippen LogP contribution in [0, 0.1) is 29.6 Å². The molecule has 16 heavy (non-hydrogen) atoms. The molecule has 0 unspecified atom stereocenters. The fourth-order valence-electron chi connectivity index (χ4n) is 4.05. The maximum atomic E-state index is 9.58. The van der Waals surface area contributed by atoms with Gasteiger partial charge in [-0.2, -0.15) is 0 Å². The fraction of sp³-hybridized carbons (Fsp3) is 0.733. The van der Waals surface area contributed by atoms with Crippen molar-refractivity contribution < 1.29 is 5.11 Å². The van der Waals surface area contributed by atoms with Gasteiger partial charge in [0.2, 0.25) is 0 Å². The van der Waals surface area contributed by atoms with Gasteiger partial charge in [-0.25, -0.2) is 0 Å². The molecule has 2 saturated carbocycles. The van der Waals surface area contributed by atoms with Crippen LogP contribution in [0.15, 0.2) is 23.8 Å². The normalized spacial score (nSPS) is 46.3. The van der Waals surface area contributed by atoms with Crippen LogP contribution in [0.25, 0.3) is 0 Å². The lowest BCUT2D eigenvalue weighted by molar-refractivity contribution is 0.156. The van der Waals surface area contributed by atoms with Gasteiger partial charge >= 0.3 is 0 Å². The van der Waals surface area contributed by atoms with Gasteiger partial charge in [0.05, 0.1) is 6.10 Å². The van der Waals surface area contributed by atoms with Crippen LogP contribution in [-0.4, -0.2) is 11.2 Å². The van der Waals surface area contributed by atoms with Crippen molar-refractivity contribution in [1.82, 2.24) is 0 Å². The third kappa shape index (κ3) is 1.48. The first kappa shape index (κ1) is 10.6. The number of aliphatic hydroxyl groups is 1. The van der Waals surface area contributed by atoms with Crippen molar-refractivity contribution in [3.8, 4) is 0 Å². The molecule has 0 amide bonds. The summed E-state index contributed by atoms with van der Waals surface area (Å²) in [4.78, 5) is 0. The predicted molar refractivity (Wildman–Crippen MR) is 65.9 cm³/mol. The molecule has 1 N–H and O–H groups in total. The topological polar surface area (TPSA) is 20.2 Å². The van der Waals surface area contributed by atoms with E-state index in [1.165, 1.54) is 19.3 Å². The molecule has 0 aromatic heterocycles. The molecule has 3 rings (SSSR count). The summed E-state index contributed by atoms with van der Waals surface area (Å²) in [6.45, 7) is 4.03. The molecule has 6 atom stereocenters. The third-order valence-corrected chi connectivity index (χ3v) is 5.10. The van der Waals surface area contributed by atoms with E-state index in [9.17, 15) is 5.11 Å². The van der Waals surface area contributed by atoms with Crippen LogP contribution < -0.4 is 0 Å². The van der Waals surface area contributed by atoms with E-state index >= 15 is 0 Å². The number of fused-ring (bicyclic) bond motifs is 5. The van der Waals surface area contributed by atoms with E-state index in [-0.39, 0.29) is 6.10 Å². The van der Waals surface area contributed by atoms with E-state index in [0.29, 0.717) is 5.92 Å². The molecule has 2 fully saturated rings. The summed E-state index contributed by atoms with van der Waals surface area (Å²) in [7, 11) is 0. The van der Waals surface area contributed by atoms with E-state index in [0.717, 1.165) is 23.7 Å². The van der Waals surface area contributed by atoms with Gasteiger partial charge in [0.1, 0.15) is 0 Å². The molecule has 0 heterocycles. The zero-order chi connectivity index (χ0) is 11.3. The van der Waals surface area contributed by atoms with Crippen LogP contribution in [-0.2, 0) is 0 Å². The Morgan fingerprint density at radius 2 is 2.25 bits per heavy atom. The van der Waals surface area contributed by atoms with Crippen LogP contribution in [0.5, 0.6) is 0 Å². The van der Waals surface area contributed by atoms with E-state index in [1.807, 2.05) is 6.92 Å². The minimum atomic E-state index is -0.207. The molecular weight excluding hydrogens is 196 g/mol. The number of aliphatic hydroxyl groups excluding tert-OH is 1. The zero-order valence-corrected chi connectivity index (χ0v) is 10.3. The fourth-order valence-corrected chi connectivity index (χ4v) is 4.05. The Balaban J connectivity index is 1.79. The highest BCUT2D eigenvalue weighted by Gasteiger charge is 2.49. The maximum Gasteiger partial charge on any atom is 0.0572 e. The van der Waals surface area contributed by atoms with Crippen molar-refractivity contribution in [3.05, 3.63) is 23.8 Å². The average molecular weight is 218 g/mol. The van der Waals surface area contributed by atoms with Gasteiger partial charge in [0.25, 0.3) is 0 Å². The van der Waals surface area contributed by atoms with Gasteiger partial charge in [-0.3, -0.25) is 0 Å². The first-order valence-electron chi connectivity index (χ1n) is 6.72. The van der Waals surface area contributed by atoms with Gasteiger partial charge in [0, 0.05) is 0 Å². The second-order valence-corrected chi connectivity index (χ2v) is 6.05. The minimum absolute atomic E-state index is 0.207. The average Bonchev–Trinajstić information content (AvgIpc) is 2.87. The molecule has 88 valence electrons. The quantitative estimate of drug-likeness (QED) is 0.706. The van der Waals surface area contributed by atoms with Gasteiger partial charge < -0.3 is 5.11 Å². The molecule has 1 nitrogen and oxygen atoms in total. The lowest BCUT2D eigenvalue weighted by Crippen LogP contribution is -2.20. The summed E-state index contributed by atoms with van der Waals surface area (Å²) >= 11 is 0. The predicted octanol–water partition coefficient (Wildman–Crippen LogP) is 3.16. The highest BCUT2D eigenvalue weighted by molar-refractivity contribution is 5.27. The van der Waals surface area contributed by atoms with Gasteiger partial charge in [0.15, 0.2) is 0 Å². The minimum Gasteiger partial charge on any atom is -0.393 e. The largest absolute Gasteiger partial charge is 0.393 e. The Labute approximate surface area is 98.2 Å². The molecule has 0 radical (unpaired) electrons. The van der Waals surface area contributed by atoms with Crippen LogP contribution in [0.3, 0.4) is 0 Å². The molecule has 0 aliphatic heterocycles. The number of hydrogen-bond acceptors (Lipinski definition) is 1. The van der Waals surface area contributed by atoms with Gasteiger partial charge in [-0.1, -0.05) is 30.7 Å². The molecule has 0 saturated heterocycles. The Bertz CT molecular complexity index is 339. The van der Waals surface area contributed by atoms with E-state index in [2.05, 4.69) is 25.2 Å². The second-order valence-electron chi connectivity index (χ2n) is 6.05. The zero-order valence-electron chi connectivity index (χ0n) is 10.3. The third-order valence-electron chi connectivity index (χ3n) is 5.10. The first-order chi connectivity index (χ1) is 7.66. The van der Waals surface area contributed by atoms with Crippen molar-refractivity contribution in [2.24, 2.45) is 29.6 Å². The summed E-state index contributed by atoms with van der Waals surface area (Å²) in [6, 6.07) is 0. The van der Waals surface area contributed by atoms with Crippen molar-refractivity contribution in [2.45, 2.75) is 39.2 Å². The Morgan fingerprint density at radius 1 is 1.44 bits per heavy atom. The molecule has 0 aromatic carbocycles. The van der Waals surface area contributed by atoms with Gasteiger partial charge in [-0.15, -0.1) is 0 Å². The summed E-state index contributed by atoms with van der Waals surface area (Å²) in [5.41, 5.74) is 1.64.